The average Bonchev–Trinajstić information content (AvgIpc) is 3.10. The van der Waals surface area contributed by atoms with Gasteiger partial charge in [0.1, 0.15) is 5.69 Å². The molecule has 3 aromatic rings. The number of carbonyl (C=O) groups excluding carboxylic acids is 1. The monoisotopic (exact) mass is 382 g/mol. The summed E-state index contributed by atoms with van der Waals surface area (Å²) < 4.78 is 25.0. The maximum Gasteiger partial charge on any atom is 0.268 e. The van der Waals surface area contributed by atoms with Gasteiger partial charge < -0.3 is 9.88 Å². The minimum absolute atomic E-state index is 0.171. The fourth-order valence-corrected chi connectivity index (χ4v) is 3.53. The molecule has 0 saturated heterocycles. The molecule has 1 atom stereocenters. The minimum atomic E-state index is -3.23. The van der Waals surface area contributed by atoms with Crippen molar-refractivity contribution in [1.82, 2.24) is 9.88 Å². The number of amides is 1. The van der Waals surface area contributed by atoms with E-state index < -0.39 is 9.84 Å². The number of sulfone groups is 1. The summed E-state index contributed by atoms with van der Waals surface area (Å²) in [6.07, 6.45) is 3.06. The molecule has 1 amide bonds. The van der Waals surface area contributed by atoms with Gasteiger partial charge in [-0.3, -0.25) is 4.79 Å². The lowest BCUT2D eigenvalue weighted by atomic mass is 10.1. The van der Waals surface area contributed by atoms with Crippen LogP contribution in [0.5, 0.6) is 0 Å². The zero-order valence-corrected chi connectivity index (χ0v) is 16.1. The summed E-state index contributed by atoms with van der Waals surface area (Å²) in [6, 6.07) is 19.9. The third kappa shape index (κ3) is 4.65. The molecule has 0 aliphatic heterocycles. The highest BCUT2D eigenvalue weighted by molar-refractivity contribution is 7.90. The van der Waals surface area contributed by atoms with Gasteiger partial charge in [-0.2, -0.15) is 0 Å². The van der Waals surface area contributed by atoms with E-state index in [9.17, 15) is 13.2 Å². The number of benzene rings is 2. The average molecular weight is 382 g/mol. The molecule has 0 fully saturated rings. The lowest BCUT2D eigenvalue weighted by molar-refractivity contribution is 0.0931. The van der Waals surface area contributed by atoms with Crippen LogP contribution in [0.3, 0.4) is 0 Å². The van der Waals surface area contributed by atoms with E-state index in [4.69, 9.17) is 0 Å². The van der Waals surface area contributed by atoms with Crippen molar-refractivity contribution in [1.29, 1.82) is 0 Å². The molecule has 1 N–H and O–H groups in total. The Balaban J connectivity index is 1.71. The first-order valence-electron chi connectivity index (χ1n) is 8.64. The largest absolute Gasteiger partial charge is 0.344 e. The minimum Gasteiger partial charge on any atom is -0.344 e. The molecular formula is C21H22N2O3S. The highest BCUT2D eigenvalue weighted by atomic mass is 32.2. The molecule has 5 nitrogen and oxygen atoms in total. The summed E-state index contributed by atoms with van der Waals surface area (Å²) in [5.41, 5.74) is 2.54. The van der Waals surface area contributed by atoms with Crippen LogP contribution in [-0.4, -0.2) is 25.1 Å². The van der Waals surface area contributed by atoms with Crippen LogP contribution in [-0.2, 0) is 16.4 Å². The second-order valence-electron chi connectivity index (χ2n) is 6.54. The van der Waals surface area contributed by atoms with E-state index in [1.54, 1.807) is 30.3 Å². The van der Waals surface area contributed by atoms with Crippen LogP contribution in [0.15, 0.2) is 77.8 Å². The Labute approximate surface area is 159 Å². The molecule has 0 radical (unpaired) electrons. The van der Waals surface area contributed by atoms with Crippen molar-refractivity contribution in [2.75, 3.05) is 6.26 Å². The van der Waals surface area contributed by atoms with Gasteiger partial charge in [0.15, 0.2) is 9.84 Å². The Hall–Kier alpha value is -2.86. The maximum atomic E-state index is 12.7. The molecule has 0 aliphatic rings. The van der Waals surface area contributed by atoms with Crippen molar-refractivity contribution in [3.8, 4) is 0 Å². The van der Waals surface area contributed by atoms with Crippen LogP contribution >= 0.6 is 0 Å². The maximum absolute atomic E-state index is 12.7. The molecule has 3 rings (SSSR count). The summed E-state index contributed by atoms with van der Waals surface area (Å²) in [5, 5.41) is 2.97. The van der Waals surface area contributed by atoms with E-state index in [-0.39, 0.29) is 16.8 Å². The van der Waals surface area contributed by atoms with Gasteiger partial charge in [-0.05, 0) is 42.3 Å². The topological polar surface area (TPSA) is 68.2 Å². The summed E-state index contributed by atoms with van der Waals surface area (Å²) in [7, 11) is -3.23. The fraction of sp³-hybridized carbons (Fsp3) is 0.190. The Morgan fingerprint density at radius 2 is 1.67 bits per heavy atom. The number of hydrogen-bond acceptors (Lipinski definition) is 3. The van der Waals surface area contributed by atoms with E-state index in [0.717, 1.165) is 11.1 Å². The summed E-state index contributed by atoms with van der Waals surface area (Å²) >= 11 is 0. The van der Waals surface area contributed by atoms with Crippen LogP contribution in [0.2, 0.25) is 0 Å². The van der Waals surface area contributed by atoms with E-state index >= 15 is 0 Å². The zero-order chi connectivity index (χ0) is 19.4. The van der Waals surface area contributed by atoms with Crippen LogP contribution in [0.4, 0.5) is 0 Å². The zero-order valence-electron chi connectivity index (χ0n) is 15.3. The van der Waals surface area contributed by atoms with Crippen molar-refractivity contribution in [2.24, 2.45) is 0 Å². The first kappa shape index (κ1) is 18.9. The molecule has 27 heavy (non-hydrogen) atoms. The van der Waals surface area contributed by atoms with E-state index in [2.05, 4.69) is 5.32 Å². The predicted octanol–water partition coefficient (Wildman–Crippen LogP) is 3.43. The van der Waals surface area contributed by atoms with Crippen LogP contribution in [0.25, 0.3) is 0 Å². The van der Waals surface area contributed by atoms with Crippen molar-refractivity contribution < 1.29 is 13.2 Å². The highest BCUT2D eigenvalue weighted by Crippen LogP contribution is 2.17. The summed E-state index contributed by atoms with van der Waals surface area (Å²) in [5.74, 6) is -0.171. The molecule has 6 heteroatoms. The third-order valence-corrected chi connectivity index (χ3v) is 5.54. The van der Waals surface area contributed by atoms with Crippen LogP contribution < -0.4 is 5.32 Å². The van der Waals surface area contributed by atoms with Crippen molar-refractivity contribution in [3.63, 3.8) is 0 Å². The van der Waals surface area contributed by atoms with Gasteiger partial charge in [-0.15, -0.1) is 0 Å². The molecule has 0 spiro atoms. The number of aromatic nitrogens is 1. The standard InChI is InChI=1S/C21H22N2O3S/c1-16(18-10-12-19(13-11-18)27(2,25)26)22-21(24)20-9-6-14-23(20)15-17-7-4-3-5-8-17/h3-14,16H,15H2,1-2H3,(H,22,24). The number of hydrogen-bond donors (Lipinski definition) is 1. The second kappa shape index (κ2) is 7.80. The normalized spacial score (nSPS) is 12.5. The van der Waals surface area contributed by atoms with Crippen molar-refractivity contribution >= 4 is 15.7 Å². The molecule has 1 aromatic heterocycles. The number of carbonyl (C=O) groups is 1. The SMILES string of the molecule is CC(NC(=O)c1cccn1Cc1ccccc1)c1ccc(S(C)(=O)=O)cc1. The quantitative estimate of drug-likeness (QED) is 0.710. The number of rotatable bonds is 6. The second-order valence-corrected chi connectivity index (χ2v) is 8.56. The third-order valence-electron chi connectivity index (χ3n) is 4.41. The number of nitrogens with one attached hydrogen (secondary N) is 1. The highest BCUT2D eigenvalue weighted by Gasteiger charge is 2.15. The van der Waals surface area contributed by atoms with Crippen LogP contribution in [0.1, 0.15) is 34.6 Å². The molecular weight excluding hydrogens is 360 g/mol. The lowest BCUT2D eigenvalue weighted by Crippen LogP contribution is -2.28. The van der Waals surface area contributed by atoms with E-state index in [1.165, 1.54) is 6.26 Å². The molecule has 0 aliphatic carbocycles. The van der Waals surface area contributed by atoms with Crippen LogP contribution in [0, 0.1) is 0 Å². The van der Waals surface area contributed by atoms with Gasteiger partial charge in [-0.1, -0.05) is 42.5 Å². The van der Waals surface area contributed by atoms with Gasteiger partial charge in [0.2, 0.25) is 0 Å². The molecule has 1 unspecified atom stereocenters. The van der Waals surface area contributed by atoms with Gasteiger partial charge in [0.05, 0.1) is 10.9 Å². The Morgan fingerprint density at radius 3 is 2.30 bits per heavy atom. The number of nitrogens with zero attached hydrogens (tertiary/aromatic N) is 1. The van der Waals surface area contributed by atoms with Gasteiger partial charge in [0, 0.05) is 19.0 Å². The first-order valence-corrected chi connectivity index (χ1v) is 10.5. The molecule has 0 bridgehead atoms. The Morgan fingerprint density at radius 1 is 1.00 bits per heavy atom. The van der Waals surface area contributed by atoms with Gasteiger partial charge in [-0.25, -0.2) is 8.42 Å². The first-order chi connectivity index (χ1) is 12.8. The fourth-order valence-electron chi connectivity index (χ4n) is 2.90. The lowest BCUT2D eigenvalue weighted by Gasteiger charge is -2.16. The Kier molecular flexibility index (Phi) is 5.46. The Bertz CT molecular complexity index is 1020. The van der Waals surface area contributed by atoms with Crippen molar-refractivity contribution in [2.45, 2.75) is 24.4 Å². The van der Waals surface area contributed by atoms with Gasteiger partial charge in [0.25, 0.3) is 5.91 Å². The van der Waals surface area contributed by atoms with E-state index in [1.807, 2.05) is 54.1 Å². The summed E-state index contributed by atoms with van der Waals surface area (Å²) in [4.78, 5) is 13.0. The van der Waals surface area contributed by atoms with E-state index in [0.29, 0.717) is 12.2 Å². The molecule has 0 saturated carbocycles. The smallest absolute Gasteiger partial charge is 0.268 e. The molecule has 2 aromatic carbocycles. The predicted molar refractivity (Wildman–Crippen MR) is 105 cm³/mol. The van der Waals surface area contributed by atoms with Crippen molar-refractivity contribution in [3.05, 3.63) is 89.7 Å². The summed E-state index contributed by atoms with van der Waals surface area (Å²) in [6.45, 7) is 2.49. The molecule has 140 valence electrons. The van der Waals surface area contributed by atoms with Gasteiger partial charge >= 0.3 is 0 Å². The molecule has 1 heterocycles.